The number of rotatable bonds is 4. The number of amides is 1. The number of piperidine rings is 1. The molecule has 2 aliphatic heterocycles. The number of allylic oxidation sites excluding steroid dienone is 1. The van der Waals surface area contributed by atoms with Gasteiger partial charge in [0.15, 0.2) is 6.04 Å². The van der Waals surface area contributed by atoms with Crippen LogP contribution in [-0.4, -0.2) is 58.2 Å². The van der Waals surface area contributed by atoms with Crippen molar-refractivity contribution in [2.24, 2.45) is 0 Å². The Bertz CT molecular complexity index is 689. The summed E-state index contributed by atoms with van der Waals surface area (Å²) in [4.78, 5) is 28.1. The number of hydrogen-bond acceptors (Lipinski definition) is 4. The third kappa shape index (κ3) is 3.81. The summed E-state index contributed by atoms with van der Waals surface area (Å²) in [7, 11) is 0. The van der Waals surface area contributed by atoms with Crippen molar-refractivity contribution >= 4 is 11.9 Å². The van der Waals surface area contributed by atoms with E-state index in [1.54, 1.807) is 0 Å². The molecule has 2 heterocycles. The second kappa shape index (κ2) is 7.60. The minimum atomic E-state index is -1.01. The van der Waals surface area contributed by atoms with E-state index in [1.165, 1.54) is 16.5 Å². The second-order valence-corrected chi connectivity index (χ2v) is 7.30. The smallest absolute Gasteiger partial charge is 0.328 e. The molecule has 0 radical (unpaired) electrons. The molecule has 1 amide bonds. The van der Waals surface area contributed by atoms with Gasteiger partial charge in [-0.15, -0.1) is 0 Å². The number of carboxylic acids is 1. The van der Waals surface area contributed by atoms with Crippen LogP contribution < -0.4 is 0 Å². The quantitative estimate of drug-likeness (QED) is 0.836. The van der Waals surface area contributed by atoms with Gasteiger partial charge >= 0.3 is 5.97 Å². The molecule has 2 fully saturated rings. The van der Waals surface area contributed by atoms with Crippen LogP contribution in [0.15, 0.2) is 42.0 Å². The van der Waals surface area contributed by atoms with Crippen molar-refractivity contribution in [1.82, 2.24) is 9.80 Å². The summed E-state index contributed by atoms with van der Waals surface area (Å²) in [5.74, 6) is -1.28. The van der Waals surface area contributed by atoms with Crippen molar-refractivity contribution in [1.29, 1.82) is 0 Å². The van der Waals surface area contributed by atoms with E-state index in [4.69, 9.17) is 4.74 Å². The van der Waals surface area contributed by atoms with Gasteiger partial charge in [0.25, 0.3) is 0 Å². The van der Waals surface area contributed by atoms with Crippen LogP contribution in [0, 0.1) is 0 Å². The molecule has 0 bridgehead atoms. The molecule has 1 atom stereocenters. The van der Waals surface area contributed by atoms with Gasteiger partial charge in [-0.05, 0) is 19.4 Å². The van der Waals surface area contributed by atoms with Crippen LogP contribution in [0.25, 0.3) is 0 Å². The zero-order chi connectivity index (χ0) is 18.7. The van der Waals surface area contributed by atoms with Gasteiger partial charge in [0.05, 0.1) is 6.61 Å². The van der Waals surface area contributed by atoms with E-state index in [2.05, 4.69) is 17.0 Å². The van der Waals surface area contributed by atoms with Gasteiger partial charge in [-0.1, -0.05) is 35.9 Å². The molecule has 2 saturated heterocycles. The lowest BCUT2D eigenvalue weighted by molar-refractivity contribution is -0.162. The Balaban J connectivity index is 1.73. The molecule has 6 heteroatoms. The lowest BCUT2D eigenvalue weighted by Crippen LogP contribution is -2.57. The highest BCUT2D eigenvalue weighted by Crippen LogP contribution is 2.38. The predicted octanol–water partition coefficient (Wildman–Crippen LogP) is 2.26. The van der Waals surface area contributed by atoms with Gasteiger partial charge in [-0.2, -0.15) is 0 Å². The van der Waals surface area contributed by atoms with E-state index in [0.29, 0.717) is 12.8 Å². The van der Waals surface area contributed by atoms with Crippen molar-refractivity contribution in [3.63, 3.8) is 0 Å². The highest BCUT2D eigenvalue weighted by Gasteiger charge is 2.53. The fraction of sp³-hybridized carbons (Fsp3) is 0.500. The number of ether oxygens (including phenoxy) is 1. The average Bonchev–Trinajstić information content (AvgIpc) is 2.97. The number of carboxylic acid groups (broad SMARTS) is 1. The van der Waals surface area contributed by atoms with Crippen LogP contribution in [-0.2, 0) is 20.9 Å². The van der Waals surface area contributed by atoms with E-state index in [0.717, 1.165) is 25.2 Å². The van der Waals surface area contributed by atoms with Crippen molar-refractivity contribution in [3.8, 4) is 0 Å². The molecule has 1 N–H and O–H groups in total. The zero-order valence-electron chi connectivity index (χ0n) is 15.4. The molecule has 3 rings (SSSR count). The van der Waals surface area contributed by atoms with Crippen LogP contribution in [0.2, 0.25) is 0 Å². The van der Waals surface area contributed by atoms with Crippen LogP contribution in [0.3, 0.4) is 0 Å². The lowest BCUT2D eigenvalue weighted by atomic mass is 9.97. The minimum Gasteiger partial charge on any atom is -0.480 e. The molecule has 0 aromatic heterocycles. The Kier molecular flexibility index (Phi) is 5.44. The molecule has 6 nitrogen and oxygen atoms in total. The van der Waals surface area contributed by atoms with Crippen LogP contribution >= 0.6 is 0 Å². The van der Waals surface area contributed by atoms with Crippen molar-refractivity contribution in [2.45, 2.75) is 45.0 Å². The highest BCUT2D eigenvalue weighted by atomic mass is 16.5. The Morgan fingerprint density at radius 3 is 2.46 bits per heavy atom. The molecule has 1 aromatic rings. The first kappa shape index (κ1) is 18.6. The lowest BCUT2D eigenvalue weighted by Gasteiger charge is -2.44. The Morgan fingerprint density at radius 2 is 1.88 bits per heavy atom. The summed E-state index contributed by atoms with van der Waals surface area (Å²) >= 11 is 0. The fourth-order valence-corrected chi connectivity index (χ4v) is 3.80. The molecule has 1 spiro atoms. The van der Waals surface area contributed by atoms with Gasteiger partial charge in [0.2, 0.25) is 5.91 Å². The standard InChI is InChI=1S/C20H26N2O4/c1-15(2)12-18(23)22-17(19(24)25)14-26-20(22)8-10-21(11-9-20)13-16-6-4-3-5-7-16/h3-7,12,17H,8-11,13-14H2,1-2H3,(H,24,25)/t17-/m0/s1. The van der Waals surface area contributed by atoms with Gasteiger partial charge in [0.1, 0.15) is 5.72 Å². The zero-order valence-corrected chi connectivity index (χ0v) is 15.4. The van der Waals surface area contributed by atoms with Gasteiger partial charge in [0, 0.05) is 38.6 Å². The van der Waals surface area contributed by atoms with Crippen LogP contribution in [0.1, 0.15) is 32.3 Å². The van der Waals surface area contributed by atoms with Crippen molar-refractivity contribution in [2.75, 3.05) is 19.7 Å². The first-order valence-electron chi connectivity index (χ1n) is 9.02. The van der Waals surface area contributed by atoms with E-state index in [9.17, 15) is 14.7 Å². The summed E-state index contributed by atoms with van der Waals surface area (Å²) in [6.07, 6.45) is 2.74. The predicted molar refractivity (Wildman–Crippen MR) is 97.3 cm³/mol. The summed E-state index contributed by atoms with van der Waals surface area (Å²) in [6, 6.07) is 9.33. The minimum absolute atomic E-state index is 0.0519. The van der Waals surface area contributed by atoms with E-state index in [-0.39, 0.29) is 12.5 Å². The molecule has 140 valence electrons. The normalized spacial score (nSPS) is 22.4. The number of benzene rings is 1. The fourth-order valence-electron chi connectivity index (χ4n) is 3.80. The molecule has 2 aliphatic rings. The maximum absolute atomic E-state index is 12.7. The van der Waals surface area contributed by atoms with E-state index >= 15 is 0 Å². The molecule has 0 saturated carbocycles. The van der Waals surface area contributed by atoms with Gasteiger partial charge < -0.3 is 9.84 Å². The molecule has 26 heavy (non-hydrogen) atoms. The molecule has 0 unspecified atom stereocenters. The maximum atomic E-state index is 12.7. The molecule has 1 aromatic carbocycles. The third-order valence-corrected chi connectivity index (χ3v) is 5.08. The van der Waals surface area contributed by atoms with Crippen molar-refractivity contribution in [3.05, 3.63) is 47.5 Å². The highest BCUT2D eigenvalue weighted by molar-refractivity contribution is 5.92. The van der Waals surface area contributed by atoms with Crippen LogP contribution in [0.4, 0.5) is 0 Å². The van der Waals surface area contributed by atoms with Crippen molar-refractivity contribution < 1.29 is 19.4 Å². The van der Waals surface area contributed by atoms with Gasteiger partial charge in [-0.25, -0.2) is 4.79 Å². The number of aliphatic carboxylic acids is 1. The second-order valence-electron chi connectivity index (χ2n) is 7.30. The molecular formula is C20H26N2O4. The number of carbonyl (C=O) groups excluding carboxylic acids is 1. The monoisotopic (exact) mass is 358 g/mol. The first-order chi connectivity index (χ1) is 12.4. The maximum Gasteiger partial charge on any atom is 0.328 e. The number of likely N-dealkylation sites (tertiary alicyclic amines) is 1. The van der Waals surface area contributed by atoms with E-state index in [1.807, 2.05) is 32.0 Å². The Labute approximate surface area is 154 Å². The molecular weight excluding hydrogens is 332 g/mol. The Hall–Kier alpha value is -2.18. The third-order valence-electron chi connectivity index (χ3n) is 5.08. The van der Waals surface area contributed by atoms with Gasteiger partial charge in [-0.3, -0.25) is 14.6 Å². The summed E-state index contributed by atoms with van der Waals surface area (Å²) in [5, 5.41) is 9.52. The summed E-state index contributed by atoms with van der Waals surface area (Å²) < 4.78 is 5.94. The topological polar surface area (TPSA) is 70.1 Å². The average molecular weight is 358 g/mol. The number of hydrogen-bond donors (Lipinski definition) is 1. The summed E-state index contributed by atoms with van der Waals surface area (Å²) in [5.41, 5.74) is 1.29. The summed E-state index contributed by atoms with van der Waals surface area (Å²) in [6.45, 7) is 6.09. The SMILES string of the molecule is CC(C)=CC(=O)N1[C@H](C(=O)O)COC12CCN(Cc1ccccc1)CC2. The first-order valence-corrected chi connectivity index (χ1v) is 9.02. The molecule has 0 aliphatic carbocycles. The number of carbonyl (C=O) groups is 2. The van der Waals surface area contributed by atoms with E-state index < -0.39 is 17.7 Å². The largest absolute Gasteiger partial charge is 0.480 e. The Morgan fingerprint density at radius 1 is 1.23 bits per heavy atom. The van der Waals surface area contributed by atoms with Crippen LogP contribution in [0.5, 0.6) is 0 Å². The number of nitrogens with zero attached hydrogens (tertiary/aromatic N) is 2.